The van der Waals surface area contributed by atoms with Crippen molar-refractivity contribution in [1.82, 2.24) is 0 Å². The number of carbonyl (C=O) groups excluding carboxylic acids is 1. The predicted molar refractivity (Wildman–Crippen MR) is 98.3 cm³/mol. The van der Waals surface area contributed by atoms with Gasteiger partial charge in [-0.25, -0.2) is 13.2 Å². The molecule has 0 unspecified atom stereocenters. The normalized spacial score (nSPS) is 14.6. The van der Waals surface area contributed by atoms with E-state index in [1.165, 1.54) is 30.3 Å². The highest BCUT2D eigenvalue weighted by Crippen LogP contribution is 2.37. The van der Waals surface area contributed by atoms with Crippen LogP contribution in [0.1, 0.15) is 5.56 Å². The molecule has 9 heteroatoms. The van der Waals surface area contributed by atoms with Crippen LogP contribution in [0.2, 0.25) is 10.0 Å². The lowest BCUT2D eigenvalue weighted by Crippen LogP contribution is -2.20. The van der Waals surface area contributed by atoms with Crippen molar-refractivity contribution in [2.24, 2.45) is 0 Å². The third kappa shape index (κ3) is 3.58. The Kier molecular flexibility index (Phi) is 4.64. The molecular weight excluding hydrogens is 387 g/mol. The maximum atomic E-state index is 12.1. The molecule has 3 rings (SSSR count). The van der Waals surface area contributed by atoms with Crippen LogP contribution in [-0.4, -0.2) is 25.3 Å². The lowest BCUT2D eigenvalue weighted by molar-refractivity contribution is 0.262. The molecule has 2 aromatic rings. The first-order valence-electron chi connectivity index (χ1n) is 7.06. The summed E-state index contributed by atoms with van der Waals surface area (Å²) in [5.41, 5.74) is 0.659. The zero-order valence-corrected chi connectivity index (χ0v) is 14.9. The average Bonchev–Trinajstić information content (AvgIpc) is 2.52. The van der Waals surface area contributed by atoms with Crippen LogP contribution in [0.25, 0.3) is 6.08 Å². The van der Waals surface area contributed by atoms with Crippen LogP contribution in [0.4, 0.5) is 16.2 Å². The van der Waals surface area contributed by atoms with Gasteiger partial charge in [0, 0.05) is 5.02 Å². The zero-order chi connectivity index (χ0) is 18.2. The molecule has 0 radical (unpaired) electrons. The van der Waals surface area contributed by atoms with Gasteiger partial charge in [-0.05, 0) is 29.8 Å². The Morgan fingerprint density at radius 2 is 1.76 bits per heavy atom. The van der Waals surface area contributed by atoms with Crippen molar-refractivity contribution in [3.63, 3.8) is 0 Å². The Labute approximate surface area is 154 Å². The highest BCUT2D eigenvalue weighted by molar-refractivity contribution is 7.91. The maximum absolute atomic E-state index is 12.1. The Hall–Kier alpha value is -2.22. The number of carbonyl (C=O) groups is 1. The molecule has 6 nitrogen and oxygen atoms in total. The molecule has 0 bridgehead atoms. The number of hydrogen-bond donors (Lipinski definition) is 3. The Morgan fingerprint density at radius 1 is 1.08 bits per heavy atom. The fourth-order valence-corrected chi connectivity index (χ4v) is 4.27. The highest BCUT2D eigenvalue weighted by Gasteiger charge is 2.26. The first-order valence-corrected chi connectivity index (χ1v) is 9.47. The SMILES string of the molecule is O=C(Nc1ccc(Cl)cc1Cl)Nc1ccc2c(c1O)S(=O)(=O)CC=C2. The number of urea groups is 1. The van der Waals surface area contributed by atoms with E-state index in [0.717, 1.165) is 0 Å². The van der Waals surface area contributed by atoms with Crippen LogP contribution in [0.15, 0.2) is 41.3 Å². The molecule has 0 saturated heterocycles. The molecule has 2 amide bonds. The van der Waals surface area contributed by atoms with Crippen molar-refractivity contribution in [3.05, 3.63) is 52.0 Å². The largest absolute Gasteiger partial charge is 0.504 e. The lowest BCUT2D eigenvalue weighted by atomic mass is 10.1. The number of hydrogen-bond acceptors (Lipinski definition) is 4. The van der Waals surface area contributed by atoms with Crippen LogP contribution in [-0.2, 0) is 9.84 Å². The minimum absolute atomic E-state index is 0.0276. The quantitative estimate of drug-likeness (QED) is 0.662. The molecule has 1 heterocycles. The maximum Gasteiger partial charge on any atom is 0.323 e. The summed E-state index contributed by atoms with van der Waals surface area (Å²) in [4.78, 5) is 11.9. The lowest BCUT2D eigenvalue weighted by Gasteiger charge is -2.16. The second-order valence-corrected chi connectivity index (χ2v) is 8.08. The molecule has 25 heavy (non-hydrogen) atoms. The number of fused-ring (bicyclic) bond motifs is 1. The summed E-state index contributed by atoms with van der Waals surface area (Å²) in [5, 5.41) is 15.8. The summed E-state index contributed by atoms with van der Waals surface area (Å²) in [5.74, 6) is -0.706. The summed E-state index contributed by atoms with van der Waals surface area (Å²) in [6.07, 6.45) is 3.10. The van der Waals surface area contributed by atoms with E-state index in [4.69, 9.17) is 23.2 Å². The van der Waals surface area contributed by atoms with Gasteiger partial charge in [-0.2, -0.15) is 0 Å². The van der Waals surface area contributed by atoms with E-state index in [0.29, 0.717) is 16.3 Å². The number of rotatable bonds is 2. The number of sulfone groups is 1. The van der Waals surface area contributed by atoms with E-state index < -0.39 is 21.6 Å². The summed E-state index contributed by atoms with van der Waals surface area (Å²) in [6.45, 7) is 0. The van der Waals surface area contributed by atoms with E-state index in [-0.39, 0.29) is 21.4 Å². The molecule has 130 valence electrons. The number of aromatic hydroxyl groups is 1. The van der Waals surface area contributed by atoms with Crippen LogP contribution < -0.4 is 10.6 Å². The van der Waals surface area contributed by atoms with Gasteiger partial charge in [0.05, 0.1) is 22.2 Å². The number of nitrogens with one attached hydrogen (secondary N) is 2. The molecule has 3 N–H and O–H groups in total. The summed E-state index contributed by atoms with van der Waals surface area (Å²) in [6, 6.07) is 6.77. The van der Waals surface area contributed by atoms with Gasteiger partial charge < -0.3 is 15.7 Å². The van der Waals surface area contributed by atoms with Gasteiger partial charge in [0.25, 0.3) is 0 Å². The predicted octanol–water partition coefficient (Wildman–Crippen LogP) is 4.14. The van der Waals surface area contributed by atoms with Gasteiger partial charge in [0.2, 0.25) is 0 Å². The fourth-order valence-electron chi connectivity index (χ4n) is 2.40. The zero-order valence-electron chi connectivity index (χ0n) is 12.6. The van der Waals surface area contributed by atoms with Crippen LogP contribution in [0, 0.1) is 0 Å². The number of phenols is 1. The van der Waals surface area contributed by atoms with Crippen LogP contribution >= 0.6 is 23.2 Å². The van der Waals surface area contributed by atoms with Gasteiger partial charge >= 0.3 is 6.03 Å². The third-order valence-corrected chi connectivity index (χ3v) is 5.74. The Bertz CT molecular complexity index is 1000. The smallest absolute Gasteiger partial charge is 0.323 e. The molecule has 0 atom stereocenters. The summed E-state index contributed by atoms with van der Waals surface area (Å²) in [7, 11) is -3.65. The minimum atomic E-state index is -3.65. The van der Waals surface area contributed by atoms with E-state index in [2.05, 4.69) is 10.6 Å². The number of phenolic OH excluding ortho intramolecular Hbond substituents is 1. The van der Waals surface area contributed by atoms with Crippen molar-refractivity contribution >= 4 is 56.5 Å². The van der Waals surface area contributed by atoms with Gasteiger partial charge in [0.1, 0.15) is 4.90 Å². The second-order valence-electron chi connectivity index (χ2n) is 5.27. The molecule has 0 spiro atoms. The Morgan fingerprint density at radius 3 is 2.48 bits per heavy atom. The van der Waals surface area contributed by atoms with Crippen molar-refractivity contribution in [2.75, 3.05) is 16.4 Å². The molecule has 0 saturated carbocycles. The summed E-state index contributed by atoms with van der Waals surface area (Å²) < 4.78 is 24.3. The van der Waals surface area contributed by atoms with Gasteiger partial charge in [0.15, 0.2) is 15.6 Å². The number of amides is 2. The number of benzene rings is 2. The molecular formula is C16H12Cl2N2O4S. The second kappa shape index (κ2) is 6.59. The molecule has 1 aliphatic heterocycles. The monoisotopic (exact) mass is 398 g/mol. The van der Waals surface area contributed by atoms with Gasteiger partial charge in [-0.3, -0.25) is 0 Å². The highest BCUT2D eigenvalue weighted by atomic mass is 35.5. The molecule has 0 fully saturated rings. The standard InChI is InChI=1S/C16H12Cl2N2O4S/c17-10-4-6-12(11(18)8-10)19-16(22)20-13-5-3-9-2-1-7-25(23,24)15(9)14(13)21/h1-6,8,21H,7H2,(H2,19,20,22). The number of halogens is 2. The van der Waals surface area contributed by atoms with E-state index in [1.54, 1.807) is 12.1 Å². The number of anilines is 2. The van der Waals surface area contributed by atoms with Crippen molar-refractivity contribution < 1.29 is 18.3 Å². The van der Waals surface area contributed by atoms with Gasteiger partial charge in [-0.1, -0.05) is 41.4 Å². The average molecular weight is 399 g/mol. The van der Waals surface area contributed by atoms with Gasteiger partial charge in [-0.15, -0.1) is 0 Å². The molecule has 2 aromatic carbocycles. The fraction of sp³-hybridized carbons (Fsp3) is 0.0625. The molecule has 1 aliphatic rings. The van der Waals surface area contributed by atoms with E-state index >= 15 is 0 Å². The molecule has 0 aromatic heterocycles. The summed E-state index contributed by atoms with van der Waals surface area (Å²) >= 11 is 11.8. The van der Waals surface area contributed by atoms with Crippen molar-refractivity contribution in [3.8, 4) is 5.75 Å². The first-order chi connectivity index (χ1) is 11.8. The topological polar surface area (TPSA) is 95.5 Å². The van der Waals surface area contributed by atoms with Crippen LogP contribution in [0.3, 0.4) is 0 Å². The van der Waals surface area contributed by atoms with Crippen LogP contribution in [0.5, 0.6) is 5.75 Å². The van der Waals surface area contributed by atoms with E-state index in [9.17, 15) is 18.3 Å². The molecule has 0 aliphatic carbocycles. The van der Waals surface area contributed by atoms with Crippen molar-refractivity contribution in [2.45, 2.75) is 4.90 Å². The minimum Gasteiger partial charge on any atom is -0.504 e. The third-order valence-electron chi connectivity index (χ3n) is 3.51. The Balaban J connectivity index is 1.86. The van der Waals surface area contributed by atoms with Crippen molar-refractivity contribution in [1.29, 1.82) is 0 Å². The van der Waals surface area contributed by atoms with E-state index in [1.807, 2.05) is 0 Å². The first kappa shape index (κ1) is 17.6.